The second-order valence-electron chi connectivity index (χ2n) is 6.23. The molecule has 0 aromatic heterocycles. The summed E-state index contributed by atoms with van der Waals surface area (Å²) in [4.78, 5) is 14.5. The number of sulfonamides is 1. The lowest BCUT2D eigenvalue weighted by molar-refractivity contribution is 0.0939. The van der Waals surface area contributed by atoms with E-state index in [2.05, 4.69) is 48.6 Å². The van der Waals surface area contributed by atoms with Gasteiger partial charge in [-0.3, -0.25) is 9.69 Å². The van der Waals surface area contributed by atoms with E-state index in [-0.39, 0.29) is 17.3 Å². The summed E-state index contributed by atoms with van der Waals surface area (Å²) in [5, 5.41) is 2.86. The van der Waals surface area contributed by atoms with Crippen molar-refractivity contribution in [2.24, 2.45) is 0 Å². The quantitative estimate of drug-likeness (QED) is 0.649. The normalized spacial score (nSPS) is 11.8. The van der Waals surface area contributed by atoms with Crippen LogP contribution in [-0.2, 0) is 10.0 Å². The van der Waals surface area contributed by atoms with Gasteiger partial charge >= 0.3 is 0 Å². The molecule has 1 amide bonds. The van der Waals surface area contributed by atoms with Crippen LogP contribution < -0.4 is 10.0 Å². The first-order chi connectivity index (χ1) is 11.7. The Bertz CT molecular complexity index is 696. The number of carbonyl (C=O) groups is 1. The molecule has 0 bridgehead atoms. The van der Waals surface area contributed by atoms with Gasteiger partial charge in [-0.05, 0) is 52.0 Å². The number of hydrogen-bond acceptors (Lipinski definition) is 4. The van der Waals surface area contributed by atoms with Crippen molar-refractivity contribution in [3.05, 3.63) is 29.8 Å². The molecule has 1 aromatic rings. The van der Waals surface area contributed by atoms with Crippen LogP contribution in [0.2, 0.25) is 0 Å². The molecule has 25 heavy (non-hydrogen) atoms. The fourth-order valence-electron chi connectivity index (χ4n) is 2.52. The third kappa shape index (κ3) is 6.50. The van der Waals surface area contributed by atoms with Gasteiger partial charge in [-0.1, -0.05) is 5.92 Å². The summed E-state index contributed by atoms with van der Waals surface area (Å²) in [6.07, 6.45) is 5.05. The lowest BCUT2D eigenvalue weighted by Crippen LogP contribution is -2.42. The maximum atomic E-state index is 12.2. The highest BCUT2D eigenvalue weighted by Gasteiger charge is 2.15. The summed E-state index contributed by atoms with van der Waals surface area (Å²) < 4.78 is 26.1. The zero-order valence-corrected chi connectivity index (χ0v) is 16.1. The van der Waals surface area contributed by atoms with Gasteiger partial charge in [-0.25, -0.2) is 8.42 Å². The molecule has 0 radical (unpaired) electrons. The Balaban J connectivity index is 2.65. The summed E-state index contributed by atoms with van der Waals surface area (Å²) >= 11 is 0. The molecule has 2 N–H and O–H groups in total. The number of nitrogens with zero attached hydrogens (tertiary/aromatic N) is 1. The van der Waals surface area contributed by atoms with E-state index in [0.29, 0.717) is 24.2 Å². The van der Waals surface area contributed by atoms with Crippen LogP contribution in [0.25, 0.3) is 0 Å². The zero-order chi connectivity index (χ0) is 19.0. The van der Waals surface area contributed by atoms with Gasteiger partial charge in [0.1, 0.15) is 0 Å². The molecule has 1 rings (SSSR count). The Morgan fingerprint density at radius 3 is 2.20 bits per heavy atom. The summed E-state index contributed by atoms with van der Waals surface area (Å²) in [5.74, 6) is 1.98. The summed E-state index contributed by atoms with van der Waals surface area (Å²) in [6, 6.07) is 6.56. The van der Waals surface area contributed by atoms with Gasteiger partial charge in [0.15, 0.2) is 0 Å². The van der Waals surface area contributed by atoms with Crippen LogP contribution in [0.1, 0.15) is 38.1 Å². The first-order valence-electron chi connectivity index (χ1n) is 8.26. The summed E-state index contributed by atoms with van der Waals surface area (Å²) in [5.41, 5.74) is 0.413. The van der Waals surface area contributed by atoms with Crippen molar-refractivity contribution in [3.63, 3.8) is 0 Å². The van der Waals surface area contributed by atoms with Crippen molar-refractivity contribution in [3.8, 4) is 12.3 Å². The molecule has 0 saturated carbocycles. The minimum absolute atomic E-state index is 0.0742. The van der Waals surface area contributed by atoms with Crippen molar-refractivity contribution in [1.29, 1.82) is 0 Å². The van der Waals surface area contributed by atoms with Crippen molar-refractivity contribution < 1.29 is 13.2 Å². The Labute approximate surface area is 151 Å². The van der Waals surface area contributed by atoms with Crippen molar-refractivity contribution in [2.75, 3.05) is 19.6 Å². The summed E-state index contributed by atoms with van der Waals surface area (Å²) in [7, 11) is -3.64. The highest BCUT2D eigenvalue weighted by Crippen LogP contribution is 2.10. The average molecular weight is 365 g/mol. The number of amides is 1. The van der Waals surface area contributed by atoms with Crippen LogP contribution in [0, 0.1) is 12.3 Å². The third-order valence-electron chi connectivity index (χ3n) is 3.77. The predicted molar refractivity (Wildman–Crippen MR) is 99.8 cm³/mol. The van der Waals surface area contributed by atoms with E-state index >= 15 is 0 Å². The lowest BCUT2D eigenvalue weighted by atomic mass is 10.2. The molecule has 0 atom stereocenters. The fourth-order valence-corrected chi connectivity index (χ4v) is 3.45. The van der Waals surface area contributed by atoms with Crippen molar-refractivity contribution in [2.45, 2.75) is 44.7 Å². The molecule has 0 heterocycles. The topological polar surface area (TPSA) is 78.5 Å². The molecule has 138 valence electrons. The molecule has 7 heteroatoms. The second-order valence-corrected chi connectivity index (χ2v) is 8.00. The van der Waals surface area contributed by atoms with Gasteiger partial charge in [0, 0.05) is 30.7 Å². The van der Waals surface area contributed by atoms with Crippen LogP contribution in [-0.4, -0.2) is 50.9 Å². The number of benzene rings is 1. The van der Waals surface area contributed by atoms with E-state index in [0.717, 1.165) is 6.54 Å². The molecule has 0 aliphatic rings. The Kier molecular flexibility index (Phi) is 8.10. The largest absolute Gasteiger partial charge is 0.351 e. The highest BCUT2D eigenvalue weighted by atomic mass is 32.2. The van der Waals surface area contributed by atoms with Gasteiger partial charge in [0.2, 0.25) is 10.0 Å². The molecule has 0 saturated heterocycles. The van der Waals surface area contributed by atoms with Crippen LogP contribution in [0.4, 0.5) is 0 Å². The van der Waals surface area contributed by atoms with E-state index in [1.807, 2.05) is 0 Å². The minimum atomic E-state index is -3.64. The Morgan fingerprint density at radius 2 is 1.72 bits per heavy atom. The molecular weight excluding hydrogens is 338 g/mol. The average Bonchev–Trinajstić information content (AvgIpc) is 2.56. The van der Waals surface area contributed by atoms with Crippen molar-refractivity contribution >= 4 is 15.9 Å². The Hall–Kier alpha value is -1.88. The molecule has 1 aromatic carbocycles. The third-order valence-corrected chi connectivity index (χ3v) is 5.19. The van der Waals surface area contributed by atoms with E-state index < -0.39 is 10.0 Å². The molecule has 0 aliphatic heterocycles. The first kappa shape index (κ1) is 21.2. The summed E-state index contributed by atoms with van der Waals surface area (Å²) in [6.45, 7) is 9.68. The monoisotopic (exact) mass is 365 g/mol. The van der Waals surface area contributed by atoms with E-state index in [9.17, 15) is 13.2 Å². The minimum Gasteiger partial charge on any atom is -0.351 e. The van der Waals surface area contributed by atoms with Gasteiger partial charge < -0.3 is 5.32 Å². The van der Waals surface area contributed by atoms with E-state index in [1.54, 1.807) is 0 Å². The maximum Gasteiger partial charge on any atom is 0.251 e. The van der Waals surface area contributed by atoms with Crippen LogP contribution in [0.3, 0.4) is 0 Å². The first-order valence-corrected chi connectivity index (χ1v) is 9.74. The number of carbonyl (C=O) groups excluding carboxylic acids is 1. The van der Waals surface area contributed by atoms with E-state index in [4.69, 9.17) is 6.42 Å². The van der Waals surface area contributed by atoms with Gasteiger partial charge in [0.05, 0.1) is 11.4 Å². The standard InChI is InChI=1S/C18H27N3O3S/c1-6-11-20-25(23,24)17-9-7-16(8-10-17)18(22)19-12-13-21(14(2)3)15(4)5/h1,7-10,14-15,20H,11-13H2,2-5H3,(H,19,22). The molecule has 0 unspecified atom stereocenters. The number of hydrogen-bond donors (Lipinski definition) is 2. The maximum absolute atomic E-state index is 12.2. The zero-order valence-electron chi connectivity index (χ0n) is 15.2. The number of nitrogens with one attached hydrogen (secondary N) is 2. The van der Waals surface area contributed by atoms with E-state index in [1.165, 1.54) is 24.3 Å². The lowest BCUT2D eigenvalue weighted by Gasteiger charge is -2.30. The van der Waals surface area contributed by atoms with Crippen LogP contribution >= 0.6 is 0 Å². The fraction of sp³-hybridized carbons (Fsp3) is 0.500. The molecule has 0 spiro atoms. The van der Waals surface area contributed by atoms with Gasteiger partial charge in [-0.15, -0.1) is 6.42 Å². The van der Waals surface area contributed by atoms with Gasteiger partial charge in [-0.2, -0.15) is 4.72 Å². The van der Waals surface area contributed by atoms with Crippen molar-refractivity contribution in [1.82, 2.24) is 14.9 Å². The molecule has 0 fully saturated rings. The van der Waals surface area contributed by atoms with Crippen LogP contribution in [0.5, 0.6) is 0 Å². The highest BCUT2D eigenvalue weighted by molar-refractivity contribution is 7.89. The number of rotatable bonds is 9. The second kappa shape index (κ2) is 9.56. The number of terminal acetylenes is 1. The van der Waals surface area contributed by atoms with Gasteiger partial charge in [0.25, 0.3) is 5.91 Å². The Morgan fingerprint density at radius 1 is 1.16 bits per heavy atom. The van der Waals surface area contributed by atoms with Crippen LogP contribution in [0.15, 0.2) is 29.2 Å². The molecule has 6 nitrogen and oxygen atoms in total. The SMILES string of the molecule is C#CCNS(=O)(=O)c1ccc(C(=O)NCCN(C(C)C)C(C)C)cc1. The predicted octanol–water partition coefficient (Wildman–Crippen LogP) is 1.45. The molecule has 0 aliphatic carbocycles. The molecular formula is C18H27N3O3S. The smallest absolute Gasteiger partial charge is 0.251 e.